The number of hydrogen-bond acceptors (Lipinski definition) is 4. The number of rotatable bonds is 9. The predicted octanol–water partition coefficient (Wildman–Crippen LogP) is 2.58. The van der Waals surface area contributed by atoms with Crippen LogP contribution in [0.2, 0.25) is 0 Å². The van der Waals surface area contributed by atoms with Gasteiger partial charge in [0.1, 0.15) is 11.6 Å². The van der Waals surface area contributed by atoms with Crippen LogP contribution in [-0.4, -0.2) is 42.0 Å². The maximum absolute atomic E-state index is 11.6. The fraction of sp³-hybridized carbons (Fsp3) is 0.733. The van der Waals surface area contributed by atoms with Crippen LogP contribution in [0.3, 0.4) is 0 Å². The van der Waals surface area contributed by atoms with Gasteiger partial charge in [0.15, 0.2) is 0 Å². The number of nitrogens with one attached hydrogen (secondary N) is 1. The summed E-state index contributed by atoms with van der Waals surface area (Å²) in [5.74, 6) is -0.967. The molecule has 0 spiro atoms. The molecule has 0 rings (SSSR count). The number of carboxylic acids is 1. The van der Waals surface area contributed by atoms with E-state index < -0.39 is 23.7 Å². The van der Waals surface area contributed by atoms with Crippen LogP contribution in [0.1, 0.15) is 40.5 Å². The quantitative estimate of drug-likeness (QED) is 0.505. The molecule has 1 amide bonds. The minimum atomic E-state index is -1.07. The Labute approximate surface area is 126 Å². The number of aliphatic carboxylic acids is 1. The summed E-state index contributed by atoms with van der Waals surface area (Å²) in [7, 11) is 0. The van der Waals surface area contributed by atoms with Crippen LogP contribution < -0.4 is 5.32 Å². The molecule has 0 aliphatic heterocycles. The van der Waals surface area contributed by atoms with E-state index in [9.17, 15) is 9.59 Å². The van der Waals surface area contributed by atoms with Crippen LogP contribution in [-0.2, 0) is 14.3 Å². The first-order valence-electron chi connectivity index (χ1n) is 7.06. The monoisotopic (exact) mass is 301 g/mol. The number of alkyl carbamates (subject to hydrolysis) is 1. The van der Waals surface area contributed by atoms with E-state index in [4.69, 9.17) is 14.6 Å². The van der Waals surface area contributed by atoms with Crippen LogP contribution in [0.5, 0.6) is 0 Å². The molecule has 2 atom stereocenters. The van der Waals surface area contributed by atoms with E-state index in [0.29, 0.717) is 26.1 Å². The van der Waals surface area contributed by atoms with Gasteiger partial charge in [0.2, 0.25) is 0 Å². The minimum absolute atomic E-state index is 0.103. The summed E-state index contributed by atoms with van der Waals surface area (Å²) >= 11 is 0. The van der Waals surface area contributed by atoms with E-state index in [2.05, 4.69) is 11.9 Å². The first-order valence-corrected chi connectivity index (χ1v) is 7.06. The molecule has 0 aromatic rings. The van der Waals surface area contributed by atoms with Crippen molar-refractivity contribution in [2.75, 3.05) is 13.2 Å². The van der Waals surface area contributed by atoms with Gasteiger partial charge >= 0.3 is 12.1 Å². The van der Waals surface area contributed by atoms with E-state index in [1.165, 1.54) is 0 Å². The fourth-order valence-electron chi connectivity index (χ4n) is 1.64. The molecule has 21 heavy (non-hydrogen) atoms. The smallest absolute Gasteiger partial charge is 0.408 e. The standard InChI is InChI=1S/C15H27NO5/c1-6-8-20-9-7-11(2)10-12(13(17)18)16-14(19)21-15(3,4)5/h6,11-12H,1,7-10H2,2-5H3,(H,16,19)(H,17,18)/t11-,12+/m1/s1. The van der Waals surface area contributed by atoms with Gasteiger partial charge in [-0.05, 0) is 39.5 Å². The molecule has 0 aromatic heterocycles. The highest BCUT2D eigenvalue weighted by Gasteiger charge is 2.25. The lowest BCUT2D eigenvalue weighted by Crippen LogP contribution is -2.44. The maximum Gasteiger partial charge on any atom is 0.408 e. The molecule has 0 aromatic carbocycles. The Kier molecular flexibility index (Phi) is 8.69. The molecule has 0 radical (unpaired) electrons. The van der Waals surface area contributed by atoms with Gasteiger partial charge in [0.25, 0.3) is 0 Å². The van der Waals surface area contributed by atoms with Crippen LogP contribution >= 0.6 is 0 Å². The number of ether oxygens (including phenoxy) is 2. The summed E-state index contributed by atoms with van der Waals surface area (Å²) in [5, 5.41) is 11.6. The molecule has 0 aliphatic rings. The number of hydrogen-bond donors (Lipinski definition) is 2. The summed E-state index contributed by atoms with van der Waals surface area (Å²) in [6.45, 7) is 11.7. The van der Waals surface area contributed by atoms with Crippen LogP contribution in [0.15, 0.2) is 12.7 Å². The average molecular weight is 301 g/mol. The van der Waals surface area contributed by atoms with E-state index in [-0.39, 0.29) is 5.92 Å². The number of carbonyl (C=O) groups is 2. The molecule has 0 unspecified atom stereocenters. The Morgan fingerprint density at radius 2 is 2.00 bits per heavy atom. The molecular formula is C15H27NO5. The van der Waals surface area contributed by atoms with Gasteiger partial charge in [0.05, 0.1) is 6.61 Å². The molecule has 0 saturated carbocycles. The Hall–Kier alpha value is -1.56. The van der Waals surface area contributed by atoms with Crippen molar-refractivity contribution >= 4 is 12.1 Å². The SMILES string of the molecule is C=CCOCC[C@@H](C)C[C@H](NC(=O)OC(C)(C)C)C(=O)O. The van der Waals surface area contributed by atoms with Gasteiger partial charge in [-0.25, -0.2) is 9.59 Å². The van der Waals surface area contributed by atoms with Crippen molar-refractivity contribution in [3.63, 3.8) is 0 Å². The van der Waals surface area contributed by atoms with E-state index in [1.807, 2.05) is 6.92 Å². The molecule has 2 N–H and O–H groups in total. The zero-order valence-corrected chi connectivity index (χ0v) is 13.3. The topological polar surface area (TPSA) is 84.9 Å². The summed E-state index contributed by atoms with van der Waals surface area (Å²) in [6, 6.07) is -0.964. The van der Waals surface area contributed by atoms with Gasteiger partial charge in [-0.15, -0.1) is 6.58 Å². The second-order valence-corrected chi connectivity index (χ2v) is 6.03. The van der Waals surface area contributed by atoms with Crippen LogP contribution in [0, 0.1) is 5.92 Å². The van der Waals surface area contributed by atoms with Gasteiger partial charge < -0.3 is 19.9 Å². The lowest BCUT2D eigenvalue weighted by atomic mass is 9.99. The summed E-state index contributed by atoms with van der Waals surface area (Å²) in [4.78, 5) is 22.8. The largest absolute Gasteiger partial charge is 0.480 e. The molecule has 0 saturated heterocycles. The zero-order chi connectivity index (χ0) is 16.5. The summed E-state index contributed by atoms with van der Waals surface area (Å²) in [5.41, 5.74) is -0.655. The number of carboxylic acid groups (broad SMARTS) is 1. The second-order valence-electron chi connectivity index (χ2n) is 6.03. The van der Waals surface area contributed by atoms with Crippen molar-refractivity contribution in [2.24, 2.45) is 5.92 Å². The highest BCUT2D eigenvalue weighted by Crippen LogP contribution is 2.13. The third kappa shape index (κ3) is 10.8. The lowest BCUT2D eigenvalue weighted by molar-refractivity contribution is -0.140. The molecule has 122 valence electrons. The Balaban J connectivity index is 4.26. The van der Waals surface area contributed by atoms with E-state index >= 15 is 0 Å². The zero-order valence-electron chi connectivity index (χ0n) is 13.3. The normalized spacial score (nSPS) is 14.1. The lowest BCUT2D eigenvalue weighted by Gasteiger charge is -2.23. The van der Waals surface area contributed by atoms with Gasteiger partial charge in [-0.2, -0.15) is 0 Å². The van der Waals surface area contributed by atoms with Crippen LogP contribution in [0.4, 0.5) is 4.79 Å². The van der Waals surface area contributed by atoms with Crippen molar-refractivity contribution in [1.82, 2.24) is 5.32 Å². The van der Waals surface area contributed by atoms with Gasteiger partial charge in [-0.3, -0.25) is 0 Å². The van der Waals surface area contributed by atoms with E-state index in [1.54, 1.807) is 26.8 Å². The third-order valence-corrected chi connectivity index (χ3v) is 2.62. The molecule has 0 fully saturated rings. The van der Waals surface area contributed by atoms with Crippen molar-refractivity contribution in [2.45, 2.75) is 52.2 Å². The predicted molar refractivity (Wildman–Crippen MR) is 80.2 cm³/mol. The third-order valence-electron chi connectivity index (χ3n) is 2.62. The van der Waals surface area contributed by atoms with Gasteiger partial charge in [-0.1, -0.05) is 13.0 Å². The fourth-order valence-corrected chi connectivity index (χ4v) is 1.64. The Bertz CT molecular complexity index is 348. The molecular weight excluding hydrogens is 274 g/mol. The van der Waals surface area contributed by atoms with Gasteiger partial charge in [0, 0.05) is 6.61 Å². The molecule has 0 heterocycles. The molecule has 6 nitrogen and oxygen atoms in total. The van der Waals surface area contributed by atoms with Crippen molar-refractivity contribution < 1.29 is 24.2 Å². The number of amides is 1. The Morgan fingerprint density at radius 3 is 2.48 bits per heavy atom. The first-order chi connectivity index (χ1) is 9.65. The highest BCUT2D eigenvalue weighted by atomic mass is 16.6. The minimum Gasteiger partial charge on any atom is -0.480 e. The summed E-state index contributed by atoms with van der Waals surface area (Å²) < 4.78 is 10.3. The van der Waals surface area contributed by atoms with Crippen molar-refractivity contribution in [3.8, 4) is 0 Å². The van der Waals surface area contributed by atoms with E-state index in [0.717, 1.165) is 0 Å². The van der Waals surface area contributed by atoms with Crippen molar-refractivity contribution in [1.29, 1.82) is 0 Å². The second kappa shape index (κ2) is 9.39. The maximum atomic E-state index is 11.6. The number of carbonyl (C=O) groups excluding carboxylic acids is 1. The first kappa shape index (κ1) is 19.4. The highest BCUT2D eigenvalue weighted by molar-refractivity contribution is 5.79. The molecule has 0 bridgehead atoms. The Morgan fingerprint density at radius 1 is 1.38 bits per heavy atom. The molecule has 6 heteroatoms. The van der Waals surface area contributed by atoms with Crippen LogP contribution in [0.25, 0.3) is 0 Å². The molecule has 0 aliphatic carbocycles. The van der Waals surface area contributed by atoms with Crippen molar-refractivity contribution in [3.05, 3.63) is 12.7 Å². The average Bonchev–Trinajstić information content (AvgIpc) is 2.31. The summed E-state index contributed by atoms with van der Waals surface area (Å²) in [6.07, 6.45) is 1.99.